The molecule has 6 nitrogen and oxygen atoms in total. The zero-order valence-electron chi connectivity index (χ0n) is 15.0. The average molecular weight is 356 g/mol. The average Bonchev–Trinajstić information content (AvgIpc) is 3.15. The van der Waals surface area contributed by atoms with E-state index in [1.165, 1.54) is 0 Å². The molecule has 26 heavy (non-hydrogen) atoms. The van der Waals surface area contributed by atoms with Crippen molar-refractivity contribution in [2.45, 2.75) is 32.6 Å². The van der Waals surface area contributed by atoms with Gasteiger partial charge in [0.2, 0.25) is 0 Å². The predicted molar refractivity (Wildman–Crippen MR) is 96.2 cm³/mol. The van der Waals surface area contributed by atoms with Gasteiger partial charge in [-0.3, -0.25) is 9.59 Å². The van der Waals surface area contributed by atoms with E-state index in [0.717, 1.165) is 31.5 Å². The van der Waals surface area contributed by atoms with Crippen molar-refractivity contribution in [2.24, 2.45) is 5.92 Å². The van der Waals surface area contributed by atoms with Crippen LogP contribution in [0.1, 0.15) is 32.1 Å². The molecule has 2 heterocycles. The standard InChI is InChI=1S/C20H24N2O4/c1-15-9-11-22(12-10-15)19(23)14-25-20(24)8-7-18-21-13-17(26-18)16-5-3-2-4-6-16/h2-6,13,15H,7-12,14H2,1H3. The summed E-state index contributed by atoms with van der Waals surface area (Å²) in [6.07, 6.45) is 4.15. The number of oxazole rings is 1. The summed E-state index contributed by atoms with van der Waals surface area (Å²) in [5.41, 5.74) is 0.940. The quantitative estimate of drug-likeness (QED) is 0.744. The molecule has 1 aliphatic heterocycles. The van der Waals surface area contributed by atoms with Crippen molar-refractivity contribution in [3.05, 3.63) is 42.4 Å². The van der Waals surface area contributed by atoms with Crippen molar-refractivity contribution in [1.29, 1.82) is 0 Å². The maximum atomic E-state index is 12.1. The van der Waals surface area contributed by atoms with Gasteiger partial charge in [0.05, 0.1) is 12.6 Å². The molecule has 1 aromatic heterocycles. The first kappa shape index (κ1) is 18.2. The number of piperidine rings is 1. The minimum atomic E-state index is -0.414. The summed E-state index contributed by atoms with van der Waals surface area (Å²) in [5, 5.41) is 0. The van der Waals surface area contributed by atoms with Gasteiger partial charge in [-0.15, -0.1) is 0 Å². The molecule has 0 aliphatic carbocycles. The van der Waals surface area contributed by atoms with E-state index in [-0.39, 0.29) is 18.9 Å². The molecule has 0 atom stereocenters. The van der Waals surface area contributed by atoms with Crippen LogP contribution in [0.2, 0.25) is 0 Å². The molecule has 1 saturated heterocycles. The van der Waals surface area contributed by atoms with E-state index in [9.17, 15) is 9.59 Å². The van der Waals surface area contributed by atoms with Gasteiger partial charge in [0, 0.05) is 25.1 Å². The van der Waals surface area contributed by atoms with Crippen LogP contribution in [0.3, 0.4) is 0 Å². The molecule has 1 amide bonds. The molecule has 1 aromatic carbocycles. The number of nitrogens with zero attached hydrogens (tertiary/aromatic N) is 2. The van der Waals surface area contributed by atoms with Crippen molar-refractivity contribution in [3.8, 4) is 11.3 Å². The van der Waals surface area contributed by atoms with E-state index < -0.39 is 5.97 Å². The van der Waals surface area contributed by atoms with Gasteiger partial charge in [-0.2, -0.15) is 0 Å². The van der Waals surface area contributed by atoms with Crippen LogP contribution in [0.25, 0.3) is 11.3 Å². The number of hydrogen-bond acceptors (Lipinski definition) is 5. The summed E-state index contributed by atoms with van der Waals surface area (Å²) in [7, 11) is 0. The van der Waals surface area contributed by atoms with E-state index in [0.29, 0.717) is 24.0 Å². The topological polar surface area (TPSA) is 72.6 Å². The van der Waals surface area contributed by atoms with Crippen LogP contribution >= 0.6 is 0 Å². The summed E-state index contributed by atoms with van der Waals surface area (Å²) >= 11 is 0. The lowest BCUT2D eigenvalue weighted by molar-refractivity contribution is -0.152. The molecule has 138 valence electrons. The van der Waals surface area contributed by atoms with Crippen molar-refractivity contribution in [1.82, 2.24) is 9.88 Å². The summed E-state index contributed by atoms with van der Waals surface area (Å²) < 4.78 is 10.8. The van der Waals surface area contributed by atoms with E-state index in [1.807, 2.05) is 30.3 Å². The van der Waals surface area contributed by atoms with E-state index >= 15 is 0 Å². The van der Waals surface area contributed by atoms with Crippen LogP contribution in [0.4, 0.5) is 0 Å². The first-order chi connectivity index (χ1) is 12.6. The van der Waals surface area contributed by atoms with Crippen LogP contribution in [0, 0.1) is 5.92 Å². The second kappa shape index (κ2) is 8.65. The molecule has 0 N–H and O–H groups in total. The Bertz CT molecular complexity index is 733. The Morgan fingerprint density at radius 3 is 2.69 bits per heavy atom. The number of carbonyl (C=O) groups excluding carboxylic acids is 2. The fourth-order valence-corrected chi connectivity index (χ4v) is 2.93. The Labute approximate surface area is 153 Å². The predicted octanol–water partition coefficient (Wildman–Crippen LogP) is 3.08. The highest BCUT2D eigenvalue weighted by molar-refractivity contribution is 5.80. The molecular formula is C20H24N2O4. The fraction of sp³-hybridized carbons (Fsp3) is 0.450. The van der Waals surface area contributed by atoms with Gasteiger partial charge >= 0.3 is 5.97 Å². The third kappa shape index (κ3) is 4.94. The Balaban J connectivity index is 1.40. The maximum Gasteiger partial charge on any atom is 0.306 e. The van der Waals surface area contributed by atoms with Gasteiger partial charge in [0.15, 0.2) is 18.3 Å². The summed E-state index contributed by atoms with van der Waals surface area (Å²) in [4.78, 5) is 29.9. The number of amides is 1. The lowest BCUT2D eigenvalue weighted by atomic mass is 9.99. The molecule has 0 radical (unpaired) electrons. The summed E-state index contributed by atoms with van der Waals surface area (Å²) in [5.74, 6) is 1.28. The maximum absolute atomic E-state index is 12.1. The number of hydrogen-bond donors (Lipinski definition) is 0. The molecule has 2 aromatic rings. The molecule has 6 heteroatoms. The molecule has 3 rings (SSSR count). The van der Waals surface area contributed by atoms with Gasteiger partial charge in [0.25, 0.3) is 5.91 Å². The number of likely N-dealkylation sites (tertiary alicyclic amines) is 1. The van der Waals surface area contributed by atoms with Gasteiger partial charge in [-0.1, -0.05) is 37.3 Å². The first-order valence-corrected chi connectivity index (χ1v) is 9.05. The molecule has 0 bridgehead atoms. The van der Waals surface area contributed by atoms with Crippen LogP contribution in [-0.4, -0.2) is 41.5 Å². The Morgan fingerprint density at radius 2 is 1.96 bits per heavy atom. The first-order valence-electron chi connectivity index (χ1n) is 9.05. The second-order valence-corrected chi connectivity index (χ2v) is 6.71. The van der Waals surface area contributed by atoms with E-state index in [1.54, 1.807) is 11.1 Å². The SMILES string of the molecule is CC1CCN(C(=O)COC(=O)CCc2ncc(-c3ccccc3)o2)CC1. The van der Waals surface area contributed by atoms with Crippen LogP contribution in [-0.2, 0) is 20.7 Å². The summed E-state index contributed by atoms with van der Waals surface area (Å²) in [6, 6.07) is 9.66. The van der Waals surface area contributed by atoms with Gasteiger partial charge < -0.3 is 14.1 Å². The zero-order valence-corrected chi connectivity index (χ0v) is 15.0. The van der Waals surface area contributed by atoms with Crippen molar-refractivity contribution in [3.63, 3.8) is 0 Å². The van der Waals surface area contributed by atoms with Crippen molar-refractivity contribution >= 4 is 11.9 Å². The molecular weight excluding hydrogens is 332 g/mol. The van der Waals surface area contributed by atoms with E-state index in [2.05, 4.69) is 11.9 Å². The van der Waals surface area contributed by atoms with Crippen molar-refractivity contribution < 1.29 is 18.7 Å². The molecule has 0 saturated carbocycles. The Kier molecular flexibility index (Phi) is 6.04. The molecule has 0 unspecified atom stereocenters. The van der Waals surface area contributed by atoms with Crippen LogP contribution in [0.5, 0.6) is 0 Å². The van der Waals surface area contributed by atoms with E-state index in [4.69, 9.17) is 9.15 Å². The van der Waals surface area contributed by atoms with Crippen LogP contribution in [0.15, 0.2) is 40.9 Å². The largest absolute Gasteiger partial charge is 0.456 e. The van der Waals surface area contributed by atoms with Gasteiger partial charge in [0.1, 0.15) is 0 Å². The summed E-state index contributed by atoms with van der Waals surface area (Å²) in [6.45, 7) is 3.49. The minimum absolute atomic E-state index is 0.118. The third-order valence-electron chi connectivity index (χ3n) is 4.65. The normalized spacial score (nSPS) is 15.0. The second-order valence-electron chi connectivity index (χ2n) is 6.71. The fourth-order valence-electron chi connectivity index (χ4n) is 2.93. The number of esters is 1. The number of aromatic nitrogens is 1. The Hall–Kier alpha value is -2.63. The highest BCUT2D eigenvalue weighted by Gasteiger charge is 2.21. The Morgan fingerprint density at radius 1 is 1.23 bits per heavy atom. The molecule has 0 spiro atoms. The zero-order chi connectivity index (χ0) is 18.4. The number of rotatable bonds is 6. The van der Waals surface area contributed by atoms with Gasteiger partial charge in [-0.05, 0) is 18.8 Å². The lowest BCUT2D eigenvalue weighted by Gasteiger charge is -2.30. The minimum Gasteiger partial charge on any atom is -0.456 e. The molecule has 1 aliphatic rings. The highest BCUT2D eigenvalue weighted by Crippen LogP contribution is 2.20. The number of carbonyl (C=O) groups is 2. The number of benzene rings is 1. The van der Waals surface area contributed by atoms with Crippen LogP contribution < -0.4 is 0 Å². The highest BCUT2D eigenvalue weighted by atomic mass is 16.5. The smallest absolute Gasteiger partial charge is 0.306 e. The number of ether oxygens (including phenoxy) is 1. The third-order valence-corrected chi connectivity index (χ3v) is 4.65. The van der Waals surface area contributed by atoms with Crippen molar-refractivity contribution in [2.75, 3.05) is 19.7 Å². The van der Waals surface area contributed by atoms with Gasteiger partial charge in [-0.25, -0.2) is 4.98 Å². The number of aryl methyl sites for hydroxylation is 1. The monoisotopic (exact) mass is 356 g/mol. The molecule has 1 fully saturated rings. The lowest BCUT2D eigenvalue weighted by Crippen LogP contribution is -2.40.